The van der Waals surface area contributed by atoms with Crippen molar-refractivity contribution in [1.29, 1.82) is 0 Å². The number of nitrogens with zero attached hydrogens (tertiary/aromatic N) is 4. The third kappa shape index (κ3) is 3.42. The van der Waals surface area contributed by atoms with Crippen molar-refractivity contribution in [3.63, 3.8) is 0 Å². The maximum atomic E-state index is 12.0. The zero-order valence-electron chi connectivity index (χ0n) is 13.8. The van der Waals surface area contributed by atoms with E-state index in [2.05, 4.69) is 10.2 Å². The van der Waals surface area contributed by atoms with Crippen LogP contribution in [0.4, 0.5) is 0 Å². The molecule has 1 N–H and O–H groups in total. The largest absolute Gasteiger partial charge is 0.462 e. The fraction of sp³-hybridized carbons (Fsp3) is 0.176. The Kier molecular flexibility index (Phi) is 4.60. The van der Waals surface area contributed by atoms with Crippen LogP contribution >= 0.6 is 0 Å². The Bertz CT molecular complexity index is 894. The van der Waals surface area contributed by atoms with Gasteiger partial charge in [-0.05, 0) is 30.7 Å². The lowest BCUT2D eigenvalue weighted by molar-refractivity contribution is -0.900. The summed E-state index contributed by atoms with van der Waals surface area (Å²) in [6, 6.07) is 8.33. The molecule has 0 aliphatic rings. The second-order valence-corrected chi connectivity index (χ2v) is 5.13. The number of pyridine rings is 1. The standard InChI is InChI=1S/C17H17N4O4/c1-3-24-17(22)14-5-4-6-15(12(14)2)25-13-7-10-20(23)16(11-13)21-18-8-9-19-21/h4-11,23H,3H2,1-2H3/q+1. The molecule has 0 amide bonds. The summed E-state index contributed by atoms with van der Waals surface area (Å²) >= 11 is 0. The van der Waals surface area contributed by atoms with Crippen LogP contribution < -0.4 is 9.47 Å². The highest BCUT2D eigenvalue weighted by Crippen LogP contribution is 2.27. The van der Waals surface area contributed by atoms with Gasteiger partial charge in [-0.25, -0.2) is 4.79 Å². The van der Waals surface area contributed by atoms with Crippen molar-refractivity contribution in [2.45, 2.75) is 13.8 Å². The third-order valence-electron chi connectivity index (χ3n) is 3.52. The van der Waals surface area contributed by atoms with Gasteiger partial charge in [-0.1, -0.05) is 16.3 Å². The lowest BCUT2D eigenvalue weighted by atomic mass is 10.1. The van der Waals surface area contributed by atoms with Crippen LogP contribution in [-0.4, -0.2) is 32.8 Å². The van der Waals surface area contributed by atoms with E-state index in [4.69, 9.17) is 9.47 Å². The van der Waals surface area contributed by atoms with Gasteiger partial charge >= 0.3 is 11.8 Å². The van der Waals surface area contributed by atoms with Gasteiger partial charge in [0, 0.05) is 16.4 Å². The number of hydrogen-bond acceptors (Lipinski definition) is 6. The molecule has 0 bridgehead atoms. The van der Waals surface area contributed by atoms with Crippen LogP contribution in [0.5, 0.6) is 11.5 Å². The topological polar surface area (TPSA) is 90.3 Å². The Hall–Kier alpha value is -3.42. The predicted molar refractivity (Wildman–Crippen MR) is 85.9 cm³/mol. The van der Waals surface area contributed by atoms with Gasteiger partial charge in [-0.15, -0.1) is 0 Å². The van der Waals surface area contributed by atoms with Gasteiger partial charge in [0.25, 0.3) is 0 Å². The predicted octanol–water partition coefficient (Wildman–Crippen LogP) is 2.07. The molecule has 3 aromatic rings. The van der Waals surface area contributed by atoms with Crippen molar-refractivity contribution < 1.29 is 24.2 Å². The van der Waals surface area contributed by atoms with Gasteiger partial charge < -0.3 is 14.7 Å². The molecule has 2 aromatic heterocycles. The molecule has 8 nitrogen and oxygen atoms in total. The first-order valence-electron chi connectivity index (χ1n) is 7.66. The van der Waals surface area contributed by atoms with E-state index in [0.717, 1.165) is 4.73 Å². The lowest BCUT2D eigenvalue weighted by Gasteiger charge is -2.11. The average molecular weight is 341 g/mol. The number of ether oxygens (including phenoxy) is 2. The second kappa shape index (κ2) is 7.00. The number of carbonyl (C=O) groups is 1. The Morgan fingerprint density at radius 2 is 2.04 bits per heavy atom. The minimum atomic E-state index is -0.395. The SMILES string of the molecule is CCOC(=O)c1cccc(Oc2cc[n+](O)c(-n3nccn3)c2)c1C. The van der Waals surface area contributed by atoms with E-state index in [9.17, 15) is 10.0 Å². The summed E-state index contributed by atoms with van der Waals surface area (Å²) < 4.78 is 11.8. The second-order valence-electron chi connectivity index (χ2n) is 5.13. The third-order valence-corrected chi connectivity index (χ3v) is 3.52. The zero-order valence-corrected chi connectivity index (χ0v) is 13.8. The van der Waals surface area contributed by atoms with E-state index in [1.807, 2.05) is 0 Å². The van der Waals surface area contributed by atoms with Crippen LogP contribution in [0, 0.1) is 6.92 Å². The molecule has 3 rings (SSSR count). The summed E-state index contributed by atoms with van der Waals surface area (Å²) in [5.41, 5.74) is 1.11. The van der Waals surface area contributed by atoms with Crippen molar-refractivity contribution >= 4 is 5.97 Å². The van der Waals surface area contributed by atoms with Gasteiger partial charge in [-0.3, -0.25) is 0 Å². The van der Waals surface area contributed by atoms with Crippen LogP contribution in [0.2, 0.25) is 0 Å². The van der Waals surface area contributed by atoms with Crippen LogP contribution in [0.25, 0.3) is 5.82 Å². The Balaban J connectivity index is 1.92. The summed E-state index contributed by atoms with van der Waals surface area (Å²) in [6.45, 7) is 3.85. The summed E-state index contributed by atoms with van der Waals surface area (Å²) in [6.07, 6.45) is 4.42. The fourth-order valence-corrected chi connectivity index (χ4v) is 2.29. The molecule has 0 saturated carbocycles. The molecule has 0 radical (unpaired) electrons. The van der Waals surface area contributed by atoms with Gasteiger partial charge in [-0.2, -0.15) is 0 Å². The summed E-state index contributed by atoms with van der Waals surface area (Å²) in [5, 5.41) is 17.9. The maximum absolute atomic E-state index is 12.0. The number of aromatic nitrogens is 4. The number of rotatable bonds is 5. The van der Waals surface area contributed by atoms with Crippen LogP contribution in [0.3, 0.4) is 0 Å². The molecule has 0 unspecified atom stereocenters. The van der Waals surface area contributed by atoms with Crippen LogP contribution in [0.15, 0.2) is 48.9 Å². The normalized spacial score (nSPS) is 10.5. The molecule has 0 saturated heterocycles. The van der Waals surface area contributed by atoms with Crippen molar-refractivity contribution in [1.82, 2.24) is 15.0 Å². The highest BCUT2D eigenvalue weighted by molar-refractivity contribution is 5.91. The van der Waals surface area contributed by atoms with Crippen molar-refractivity contribution in [3.8, 4) is 17.3 Å². The smallest absolute Gasteiger partial charge is 0.371 e. The summed E-state index contributed by atoms with van der Waals surface area (Å²) in [5.74, 6) is 0.886. The van der Waals surface area contributed by atoms with E-state index < -0.39 is 5.97 Å². The van der Waals surface area contributed by atoms with E-state index in [-0.39, 0.29) is 0 Å². The van der Waals surface area contributed by atoms with Crippen LogP contribution in [-0.2, 0) is 4.74 Å². The molecule has 128 valence electrons. The van der Waals surface area contributed by atoms with Gasteiger partial charge in [0.15, 0.2) is 0 Å². The Morgan fingerprint density at radius 3 is 2.76 bits per heavy atom. The molecule has 0 atom stereocenters. The number of hydrogen-bond donors (Lipinski definition) is 1. The number of benzene rings is 1. The Morgan fingerprint density at radius 1 is 1.28 bits per heavy atom. The summed E-state index contributed by atoms with van der Waals surface area (Å²) in [4.78, 5) is 13.2. The molecule has 0 fully saturated rings. The van der Waals surface area contributed by atoms with Crippen molar-refractivity contribution in [2.75, 3.05) is 6.61 Å². The number of carbonyl (C=O) groups excluding carboxylic acids is 1. The lowest BCUT2D eigenvalue weighted by Crippen LogP contribution is -2.35. The van der Waals surface area contributed by atoms with Gasteiger partial charge in [0.1, 0.15) is 17.7 Å². The van der Waals surface area contributed by atoms with Gasteiger partial charge in [0.2, 0.25) is 0 Å². The molecule has 0 aliphatic carbocycles. The zero-order chi connectivity index (χ0) is 17.8. The van der Waals surface area contributed by atoms with Gasteiger partial charge in [0.05, 0.1) is 30.6 Å². The molecular formula is C17H17N4O4+. The molecule has 1 aromatic carbocycles. The minimum absolute atomic E-state index is 0.304. The first kappa shape index (κ1) is 16.4. The highest BCUT2D eigenvalue weighted by atomic mass is 16.5. The van der Waals surface area contributed by atoms with E-state index >= 15 is 0 Å². The molecule has 8 heteroatoms. The fourth-order valence-electron chi connectivity index (χ4n) is 2.29. The molecule has 0 aliphatic heterocycles. The monoisotopic (exact) mass is 341 g/mol. The van der Waals surface area contributed by atoms with E-state index in [0.29, 0.717) is 35.1 Å². The Labute approximate surface area is 143 Å². The summed E-state index contributed by atoms with van der Waals surface area (Å²) in [7, 11) is 0. The molecular weight excluding hydrogens is 324 g/mol. The quantitative estimate of drug-likeness (QED) is 0.434. The van der Waals surface area contributed by atoms with Crippen LogP contribution in [0.1, 0.15) is 22.8 Å². The molecule has 2 heterocycles. The van der Waals surface area contributed by atoms with Crippen molar-refractivity contribution in [3.05, 3.63) is 60.0 Å². The maximum Gasteiger partial charge on any atom is 0.371 e. The minimum Gasteiger partial charge on any atom is -0.462 e. The average Bonchev–Trinajstić information content (AvgIpc) is 3.13. The van der Waals surface area contributed by atoms with Crippen molar-refractivity contribution in [2.24, 2.45) is 0 Å². The molecule has 25 heavy (non-hydrogen) atoms. The molecule has 0 spiro atoms. The number of esters is 1. The first-order valence-corrected chi connectivity index (χ1v) is 7.66. The van der Waals surface area contributed by atoms with E-state index in [1.54, 1.807) is 44.2 Å². The first-order chi connectivity index (χ1) is 12.1. The van der Waals surface area contributed by atoms with E-state index in [1.165, 1.54) is 23.4 Å². The highest BCUT2D eigenvalue weighted by Gasteiger charge is 2.18.